The molecule has 0 spiro atoms. The lowest BCUT2D eigenvalue weighted by Gasteiger charge is -2.26. The van der Waals surface area contributed by atoms with E-state index in [1.807, 2.05) is 30.3 Å². The molecule has 0 saturated carbocycles. The minimum Gasteiger partial charge on any atom is -0.396 e. The van der Waals surface area contributed by atoms with E-state index < -0.39 is 0 Å². The molecule has 1 atom stereocenters. The third-order valence-corrected chi connectivity index (χ3v) is 4.23. The van der Waals surface area contributed by atoms with Crippen LogP contribution < -0.4 is 5.32 Å². The molecule has 1 aliphatic heterocycles. The van der Waals surface area contributed by atoms with Crippen molar-refractivity contribution < 1.29 is 14.6 Å². The van der Waals surface area contributed by atoms with E-state index in [0.717, 1.165) is 17.3 Å². The molecule has 0 radical (unpaired) electrons. The molecule has 0 bridgehead atoms. The Morgan fingerprint density at radius 3 is 3.00 bits per heavy atom. The van der Waals surface area contributed by atoms with Crippen LogP contribution in [0.15, 0.2) is 30.3 Å². The molecule has 21 heavy (non-hydrogen) atoms. The Bertz CT molecular complexity index is 596. The lowest BCUT2D eigenvalue weighted by atomic mass is 9.84. The van der Waals surface area contributed by atoms with E-state index in [1.54, 1.807) is 0 Å². The number of ether oxygens (including phenoxy) is 1. The third-order valence-electron chi connectivity index (χ3n) is 4.23. The van der Waals surface area contributed by atoms with Gasteiger partial charge in [0.05, 0.1) is 6.61 Å². The number of carbonyl (C=O) groups excluding carboxylic acids is 1. The number of nitrogens with one attached hydrogen (secondary N) is 2. The van der Waals surface area contributed by atoms with Crippen LogP contribution >= 0.6 is 0 Å². The molecule has 2 aromatic rings. The second-order valence-corrected chi connectivity index (χ2v) is 5.73. The smallest absolute Gasteiger partial charge is 0.267 e. The molecule has 1 amide bonds. The molecule has 2 heterocycles. The van der Waals surface area contributed by atoms with Crippen LogP contribution in [0.1, 0.15) is 23.3 Å². The molecular formula is C16H20N2O3. The monoisotopic (exact) mass is 288 g/mol. The Morgan fingerprint density at radius 2 is 2.29 bits per heavy atom. The Kier molecular flexibility index (Phi) is 3.94. The summed E-state index contributed by atoms with van der Waals surface area (Å²) in [5, 5.41) is 13.2. The quantitative estimate of drug-likeness (QED) is 0.783. The summed E-state index contributed by atoms with van der Waals surface area (Å²) in [6.45, 7) is 1.94. The average molecular weight is 288 g/mol. The third kappa shape index (κ3) is 2.94. The lowest BCUT2D eigenvalue weighted by Crippen LogP contribution is -2.38. The highest BCUT2D eigenvalue weighted by molar-refractivity contribution is 5.97. The molecule has 1 aliphatic rings. The normalized spacial score (nSPS) is 21.8. The zero-order valence-electron chi connectivity index (χ0n) is 11.9. The van der Waals surface area contributed by atoms with Crippen LogP contribution in [-0.2, 0) is 4.74 Å². The van der Waals surface area contributed by atoms with Crippen molar-refractivity contribution in [1.29, 1.82) is 0 Å². The van der Waals surface area contributed by atoms with Gasteiger partial charge in [0.2, 0.25) is 0 Å². The number of aromatic amines is 1. The predicted octanol–water partition coefficient (Wildman–Crippen LogP) is 1.69. The standard InChI is InChI=1S/C16H20N2O3/c19-7-5-16(6-8-21-11-16)10-17-15(20)14-9-12-3-1-2-4-13(12)18-14/h1-4,9,18-19H,5-8,10-11H2,(H,17,20). The average Bonchev–Trinajstić information content (AvgIpc) is 3.12. The first-order valence-electron chi connectivity index (χ1n) is 7.27. The molecule has 1 aromatic heterocycles. The summed E-state index contributed by atoms with van der Waals surface area (Å²) < 4.78 is 5.43. The minimum atomic E-state index is -0.129. The van der Waals surface area contributed by atoms with Gasteiger partial charge in [-0.2, -0.15) is 0 Å². The van der Waals surface area contributed by atoms with Crippen LogP contribution in [0.2, 0.25) is 0 Å². The summed E-state index contributed by atoms with van der Waals surface area (Å²) in [6, 6.07) is 9.66. The van der Waals surface area contributed by atoms with Crippen molar-refractivity contribution in [2.45, 2.75) is 12.8 Å². The Labute approximate surface area is 123 Å². The number of carbonyl (C=O) groups is 1. The molecule has 5 nitrogen and oxygen atoms in total. The summed E-state index contributed by atoms with van der Waals surface area (Å²) in [4.78, 5) is 15.4. The van der Waals surface area contributed by atoms with Gasteiger partial charge in [0.25, 0.3) is 5.91 Å². The minimum absolute atomic E-state index is 0.115. The van der Waals surface area contributed by atoms with Gasteiger partial charge >= 0.3 is 0 Å². The van der Waals surface area contributed by atoms with E-state index in [0.29, 0.717) is 31.9 Å². The summed E-state index contributed by atoms with van der Waals surface area (Å²) in [6.07, 6.45) is 1.53. The Balaban J connectivity index is 1.68. The van der Waals surface area contributed by atoms with Crippen molar-refractivity contribution in [1.82, 2.24) is 10.3 Å². The molecular weight excluding hydrogens is 268 g/mol. The van der Waals surface area contributed by atoms with Gasteiger partial charge in [-0.15, -0.1) is 0 Å². The van der Waals surface area contributed by atoms with Crippen molar-refractivity contribution in [3.8, 4) is 0 Å². The van der Waals surface area contributed by atoms with E-state index in [4.69, 9.17) is 4.74 Å². The van der Waals surface area contributed by atoms with Gasteiger partial charge in [0.15, 0.2) is 0 Å². The van der Waals surface area contributed by atoms with Gasteiger partial charge < -0.3 is 20.1 Å². The second-order valence-electron chi connectivity index (χ2n) is 5.73. The molecule has 1 saturated heterocycles. The first-order chi connectivity index (χ1) is 10.2. The SMILES string of the molecule is O=C(NCC1(CCO)CCOC1)c1cc2ccccc2[nH]1. The fourth-order valence-corrected chi connectivity index (χ4v) is 2.87. The van der Waals surface area contributed by atoms with Crippen LogP contribution in [0.4, 0.5) is 0 Å². The van der Waals surface area contributed by atoms with Crippen molar-refractivity contribution in [3.63, 3.8) is 0 Å². The highest BCUT2D eigenvalue weighted by Crippen LogP contribution is 2.31. The lowest BCUT2D eigenvalue weighted by molar-refractivity contribution is 0.0885. The number of fused-ring (bicyclic) bond motifs is 1. The topological polar surface area (TPSA) is 74.3 Å². The maximum absolute atomic E-state index is 12.3. The van der Waals surface area contributed by atoms with E-state index in [9.17, 15) is 9.90 Å². The predicted molar refractivity (Wildman–Crippen MR) is 80.2 cm³/mol. The molecule has 1 unspecified atom stereocenters. The number of amides is 1. The van der Waals surface area contributed by atoms with Crippen LogP contribution in [0, 0.1) is 5.41 Å². The molecule has 1 fully saturated rings. The number of rotatable bonds is 5. The van der Waals surface area contributed by atoms with Crippen molar-refractivity contribution in [3.05, 3.63) is 36.0 Å². The number of aliphatic hydroxyl groups is 1. The Morgan fingerprint density at radius 1 is 1.43 bits per heavy atom. The highest BCUT2D eigenvalue weighted by atomic mass is 16.5. The van der Waals surface area contributed by atoms with E-state index in [-0.39, 0.29) is 17.9 Å². The van der Waals surface area contributed by atoms with Crippen LogP contribution in [0.3, 0.4) is 0 Å². The zero-order valence-corrected chi connectivity index (χ0v) is 11.9. The van der Waals surface area contributed by atoms with Crippen molar-refractivity contribution in [2.75, 3.05) is 26.4 Å². The summed E-state index contributed by atoms with van der Waals surface area (Å²) in [7, 11) is 0. The maximum Gasteiger partial charge on any atom is 0.267 e. The molecule has 3 N–H and O–H groups in total. The molecule has 1 aromatic carbocycles. The second kappa shape index (κ2) is 5.87. The van der Waals surface area contributed by atoms with Crippen LogP contribution in [-0.4, -0.2) is 42.4 Å². The molecule has 112 valence electrons. The number of hydrogen-bond donors (Lipinski definition) is 3. The van der Waals surface area contributed by atoms with E-state index >= 15 is 0 Å². The number of para-hydroxylation sites is 1. The van der Waals surface area contributed by atoms with Gasteiger partial charge in [-0.3, -0.25) is 4.79 Å². The van der Waals surface area contributed by atoms with Crippen molar-refractivity contribution in [2.24, 2.45) is 5.41 Å². The number of benzene rings is 1. The summed E-state index contributed by atoms with van der Waals surface area (Å²) >= 11 is 0. The maximum atomic E-state index is 12.3. The van der Waals surface area contributed by atoms with Gasteiger partial charge in [-0.05, 0) is 25.0 Å². The zero-order chi connectivity index (χ0) is 14.7. The number of hydrogen-bond acceptors (Lipinski definition) is 3. The number of H-pyrrole nitrogens is 1. The molecule has 3 rings (SSSR count). The first kappa shape index (κ1) is 14.1. The fraction of sp³-hybridized carbons (Fsp3) is 0.438. The van der Waals surface area contributed by atoms with Crippen LogP contribution in [0.25, 0.3) is 10.9 Å². The van der Waals surface area contributed by atoms with Gasteiger partial charge in [0, 0.05) is 36.1 Å². The fourth-order valence-electron chi connectivity index (χ4n) is 2.87. The summed E-state index contributed by atoms with van der Waals surface area (Å²) in [5.74, 6) is -0.115. The van der Waals surface area contributed by atoms with Crippen molar-refractivity contribution >= 4 is 16.8 Å². The van der Waals surface area contributed by atoms with E-state index in [2.05, 4.69) is 10.3 Å². The summed E-state index contributed by atoms with van der Waals surface area (Å²) in [5.41, 5.74) is 1.39. The molecule has 0 aliphatic carbocycles. The number of aliphatic hydroxyl groups excluding tert-OH is 1. The first-order valence-corrected chi connectivity index (χ1v) is 7.27. The Hall–Kier alpha value is -1.85. The highest BCUT2D eigenvalue weighted by Gasteiger charge is 2.34. The van der Waals surface area contributed by atoms with Gasteiger partial charge in [-0.25, -0.2) is 0 Å². The molecule has 5 heteroatoms. The number of aromatic nitrogens is 1. The van der Waals surface area contributed by atoms with E-state index in [1.165, 1.54) is 0 Å². The van der Waals surface area contributed by atoms with Gasteiger partial charge in [-0.1, -0.05) is 18.2 Å². The van der Waals surface area contributed by atoms with Crippen LogP contribution in [0.5, 0.6) is 0 Å². The van der Waals surface area contributed by atoms with Gasteiger partial charge in [0.1, 0.15) is 5.69 Å². The largest absolute Gasteiger partial charge is 0.396 e.